The number of rotatable bonds is 6. The minimum atomic E-state index is -0.314. The summed E-state index contributed by atoms with van der Waals surface area (Å²) in [6, 6.07) is 6.46. The van der Waals surface area contributed by atoms with E-state index in [2.05, 4.69) is 20.9 Å². The molecule has 0 radical (unpaired) electrons. The number of hydrogen-bond donors (Lipinski definition) is 3. The quantitative estimate of drug-likeness (QED) is 0.725. The van der Waals surface area contributed by atoms with Gasteiger partial charge in [-0.3, -0.25) is 4.79 Å². The molecule has 138 valence electrons. The first kappa shape index (κ1) is 18.3. The molecule has 2 heterocycles. The average molecular weight is 374 g/mol. The summed E-state index contributed by atoms with van der Waals surface area (Å²) in [4.78, 5) is 28.3. The van der Waals surface area contributed by atoms with Gasteiger partial charge < -0.3 is 20.7 Å². The zero-order chi connectivity index (χ0) is 18.4. The van der Waals surface area contributed by atoms with Crippen LogP contribution in [0, 0.1) is 6.92 Å². The fourth-order valence-corrected chi connectivity index (χ4v) is 3.27. The third kappa shape index (κ3) is 5.27. The van der Waals surface area contributed by atoms with E-state index in [1.54, 1.807) is 35.6 Å². The van der Waals surface area contributed by atoms with Crippen LogP contribution in [-0.2, 0) is 11.3 Å². The van der Waals surface area contributed by atoms with Crippen LogP contribution >= 0.6 is 11.3 Å². The smallest absolute Gasteiger partial charge is 0.319 e. The van der Waals surface area contributed by atoms with E-state index in [1.165, 1.54) is 0 Å². The van der Waals surface area contributed by atoms with E-state index in [-0.39, 0.29) is 18.0 Å². The van der Waals surface area contributed by atoms with Crippen molar-refractivity contribution >= 4 is 29.0 Å². The van der Waals surface area contributed by atoms with Crippen molar-refractivity contribution in [2.45, 2.75) is 32.4 Å². The van der Waals surface area contributed by atoms with Gasteiger partial charge in [0.25, 0.3) is 5.91 Å². The lowest BCUT2D eigenvalue weighted by Crippen LogP contribution is -2.31. The molecule has 1 aliphatic heterocycles. The van der Waals surface area contributed by atoms with Gasteiger partial charge in [0.15, 0.2) is 0 Å². The normalized spacial score (nSPS) is 16.3. The summed E-state index contributed by atoms with van der Waals surface area (Å²) in [5.74, 6) is -0.143. The van der Waals surface area contributed by atoms with Gasteiger partial charge in [-0.05, 0) is 44.0 Å². The van der Waals surface area contributed by atoms with E-state index in [0.717, 1.165) is 30.2 Å². The first-order valence-electron chi connectivity index (χ1n) is 8.56. The molecule has 26 heavy (non-hydrogen) atoms. The van der Waals surface area contributed by atoms with E-state index < -0.39 is 0 Å². The van der Waals surface area contributed by atoms with Gasteiger partial charge in [-0.15, -0.1) is 11.3 Å². The second-order valence-corrected chi connectivity index (χ2v) is 7.15. The molecule has 1 atom stereocenters. The first-order valence-corrected chi connectivity index (χ1v) is 9.44. The lowest BCUT2D eigenvalue weighted by molar-refractivity contribution is 0.0858. The van der Waals surface area contributed by atoms with Gasteiger partial charge >= 0.3 is 6.03 Å². The minimum Gasteiger partial charge on any atom is -0.376 e. The van der Waals surface area contributed by atoms with Crippen LogP contribution < -0.4 is 16.0 Å². The Kier molecular flexibility index (Phi) is 6.19. The molecule has 0 bridgehead atoms. The van der Waals surface area contributed by atoms with Gasteiger partial charge in [0.2, 0.25) is 0 Å². The molecule has 0 spiro atoms. The van der Waals surface area contributed by atoms with Crippen LogP contribution in [-0.4, -0.2) is 36.2 Å². The van der Waals surface area contributed by atoms with Crippen LogP contribution in [0.2, 0.25) is 0 Å². The molecule has 1 aromatic heterocycles. The molecule has 3 rings (SSSR count). The van der Waals surface area contributed by atoms with Crippen molar-refractivity contribution in [3.05, 3.63) is 45.9 Å². The number of carbonyl (C=O) groups is 2. The van der Waals surface area contributed by atoms with E-state index >= 15 is 0 Å². The minimum absolute atomic E-state index is 0.116. The van der Waals surface area contributed by atoms with Crippen LogP contribution in [0.4, 0.5) is 10.5 Å². The summed E-state index contributed by atoms with van der Waals surface area (Å²) < 4.78 is 5.49. The maximum atomic E-state index is 12.1. The second-order valence-electron chi connectivity index (χ2n) is 6.09. The second kappa shape index (κ2) is 8.77. The number of urea groups is 1. The Balaban J connectivity index is 1.44. The summed E-state index contributed by atoms with van der Waals surface area (Å²) in [5, 5.41) is 11.2. The predicted molar refractivity (Wildman–Crippen MR) is 100 cm³/mol. The van der Waals surface area contributed by atoms with Gasteiger partial charge in [-0.1, -0.05) is 0 Å². The molecule has 0 unspecified atom stereocenters. The summed E-state index contributed by atoms with van der Waals surface area (Å²) in [7, 11) is 0. The molecule has 2 aromatic rings. The Bertz CT molecular complexity index is 754. The van der Waals surface area contributed by atoms with Crippen molar-refractivity contribution in [2.24, 2.45) is 0 Å². The number of hydrogen-bond acceptors (Lipinski definition) is 5. The highest BCUT2D eigenvalue weighted by Crippen LogP contribution is 2.12. The Morgan fingerprint density at radius 3 is 2.73 bits per heavy atom. The predicted octanol–water partition coefficient (Wildman–Crippen LogP) is 2.68. The molecule has 1 aliphatic rings. The molecule has 1 aromatic carbocycles. The number of aromatic nitrogens is 1. The van der Waals surface area contributed by atoms with Crippen LogP contribution in [0.25, 0.3) is 0 Å². The summed E-state index contributed by atoms with van der Waals surface area (Å²) in [6.45, 7) is 3.59. The molecule has 1 saturated heterocycles. The number of amides is 3. The van der Waals surface area contributed by atoms with Crippen molar-refractivity contribution in [3.8, 4) is 0 Å². The number of nitrogens with one attached hydrogen (secondary N) is 3. The largest absolute Gasteiger partial charge is 0.376 e. The van der Waals surface area contributed by atoms with Gasteiger partial charge in [-0.25, -0.2) is 9.78 Å². The highest BCUT2D eigenvalue weighted by molar-refractivity contribution is 7.09. The molecule has 1 fully saturated rings. The number of anilines is 1. The summed E-state index contributed by atoms with van der Waals surface area (Å²) in [5.41, 5.74) is 2.00. The topological polar surface area (TPSA) is 92.4 Å². The van der Waals surface area contributed by atoms with Crippen LogP contribution in [0.1, 0.15) is 33.9 Å². The molecule has 7 nitrogen and oxygen atoms in total. The summed E-state index contributed by atoms with van der Waals surface area (Å²) in [6.07, 6.45) is 2.15. The highest BCUT2D eigenvalue weighted by Gasteiger charge is 2.16. The van der Waals surface area contributed by atoms with E-state index in [1.807, 2.05) is 12.3 Å². The third-order valence-corrected chi connectivity index (χ3v) is 4.84. The van der Waals surface area contributed by atoms with Gasteiger partial charge in [0, 0.05) is 29.8 Å². The average Bonchev–Trinajstić information content (AvgIpc) is 3.30. The molecule has 0 saturated carbocycles. The lowest BCUT2D eigenvalue weighted by atomic mass is 10.2. The van der Waals surface area contributed by atoms with Gasteiger partial charge in [-0.2, -0.15) is 0 Å². The van der Waals surface area contributed by atoms with Crippen molar-refractivity contribution < 1.29 is 14.3 Å². The van der Waals surface area contributed by atoms with E-state index in [0.29, 0.717) is 24.3 Å². The van der Waals surface area contributed by atoms with Crippen molar-refractivity contribution in [1.29, 1.82) is 0 Å². The SMILES string of the molecule is Cc1nc(CNC(=O)Nc2ccc(C(=O)NC[C@H]3CCCO3)cc2)cs1. The molecule has 8 heteroatoms. The number of carbonyl (C=O) groups excluding carboxylic acids is 2. The monoisotopic (exact) mass is 374 g/mol. The summed E-state index contributed by atoms with van der Waals surface area (Å²) >= 11 is 1.55. The zero-order valence-corrected chi connectivity index (χ0v) is 15.4. The Morgan fingerprint density at radius 2 is 2.08 bits per heavy atom. The molecule has 3 amide bonds. The standard InChI is InChI=1S/C18H22N4O3S/c1-12-21-15(11-26-12)9-20-18(24)22-14-6-4-13(5-7-14)17(23)19-10-16-3-2-8-25-16/h4-7,11,16H,2-3,8-10H2,1H3,(H,19,23)(H2,20,22,24)/t16-/m1/s1. The van der Waals surface area contributed by atoms with Gasteiger partial charge in [0.1, 0.15) is 0 Å². The lowest BCUT2D eigenvalue weighted by Gasteiger charge is -2.11. The maximum Gasteiger partial charge on any atom is 0.319 e. The number of ether oxygens (including phenoxy) is 1. The van der Waals surface area contributed by atoms with E-state index in [9.17, 15) is 9.59 Å². The van der Waals surface area contributed by atoms with Crippen LogP contribution in [0.3, 0.4) is 0 Å². The Labute approximate surface area is 156 Å². The number of benzene rings is 1. The molecular formula is C18H22N4O3S. The Morgan fingerprint density at radius 1 is 1.27 bits per heavy atom. The van der Waals surface area contributed by atoms with Crippen LogP contribution in [0.5, 0.6) is 0 Å². The fraction of sp³-hybridized carbons (Fsp3) is 0.389. The van der Waals surface area contributed by atoms with Crippen molar-refractivity contribution in [3.63, 3.8) is 0 Å². The molecule has 0 aliphatic carbocycles. The zero-order valence-electron chi connectivity index (χ0n) is 14.6. The number of thiazole rings is 1. The van der Waals surface area contributed by atoms with E-state index in [4.69, 9.17) is 4.74 Å². The maximum absolute atomic E-state index is 12.1. The highest BCUT2D eigenvalue weighted by atomic mass is 32.1. The number of nitrogens with zero attached hydrogens (tertiary/aromatic N) is 1. The van der Waals surface area contributed by atoms with Crippen LogP contribution in [0.15, 0.2) is 29.6 Å². The first-order chi connectivity index (χ1) is 12.6. The van der Waals surface area contributed by atoms with Crippen molar-refractivity contribution in [2.75, 3.05) is 18.5 Å². The third-order valence-electron chi connectivity index (χ3n) is 4.02. The Hall–Kier alpha value is -2.45. The number of aryl methyl sites for hydroxylation is 1. The molecular weight excluding hydrogens is 352 g/mol. The fourth-order valence-electron chi connectivity index (χ4n) is 2.65. The van der Waals surface area contributed by atoms with Crippen molar-refractivity contribution in [1.82, 2.24) is 15.6 Å². The van der Waals surface area contributed by atoms with Gasteiger partial charge in [0.05, 0.1) is 23.4 Å². The molecule has 3 N–H and O–H groups in total.